The largest absolute Gasteiger partial charge is 0.505 e. The molecule has 1 N–H and O–H groups in total. The quantitative estimate of drug-likeness (QED) is 0.0357. The number of carbonyl (C=O) groups is 2. The lowest BCUT2D eigenvalue weighted by molar-refractivity contribution is -0.132. The summed E-state index contributed by atoms with van der Waals surface area (Å²) in [7, 11) is 1.54. The minimum absolute atomic E-state index is 0.0963. The average molecular weight is 706 g/mol. The lowest BCUT2D eigenvalue weighted by Crippen LogP contribution is -2.29. The van der Waals surface area contributed by atoms with Crippen LogP contribution in [0.25, 0.3) is 22.2 Å². The van der Waals surface area contributed by atoms with Crippen LogP contribution in [0.1, 0.15) is 53.9 Å². The van der Waals surface area contributed by atoms with Crippen LogP contribution in [-0.2, 0) is 15.3 Å². The fourth-order valence-corrected chi connectivity index (χ4v) is 8.11. The number of aliphatic hydroxyl groups is 1. The zero-order valence-electron chi connectivity index (χ0n) is 28.0. The minimum Gasteiger partial charge on any atom is -0.505 e. The van der Waals surface area contributed by atoms with Crippen molar-refractivity contribution in [3.63, 3.8) is 0 Å². The van der Waals surface area contributed by atoms with Gasteiger partial charge in [-0.05, 0) is 65.9 Å². The van der Waals surface area contributed by atoms with Gasteiger partial charge in [0.25, 0.3) is 5.78 Å². The molecule has 4 heterocycles. The van der Waals surface area contributed by atoms with Gasteiger partial charge in [-0.3, -0.25) is 14.5 Å². The maximum atomic E-state index is 14.0. The van der Waals surface area contributed by atoms with Gasteiger partial charge in [0, 0.05) is 11.9 Å². The Hall–Kier alpha value is -5.20. The highest BCUT2D eigenvalue weighted by molar-refractivity contribution is 8.00. The number of aryl methyl sites for hydroxylation is 2. The van der Waals surface area contributed by atoms with Gasteiger partial charge in [-0.2, -0.15) is 0 Å². The van der Waals surface area contributed by atoms with Crippen LogP contribution in [0.3, 0.4) is 0 Å². The summed E-state index contributed by atoms with van der Waals surface area (Å²) in [6.07, 6.45) is 3.69. The number of carbonyl (C=O) groups excluding carboxylic acids is 2. The van der Waals surface area contributed by atoms with E-state index < -0.39 is 17.7 Å². The van der Waals surface area contributed by atoms with Crippen molar-refractivity contribution in [1.82, 2.24) is 19.6 Å². The number of pyridine rings is 1. The van der Waals surface area contributed by atoms with E-state index in [4.69, 9.17) is 14.5 Å². The van der Waals surface area contributed by atoms with Crippen molar-refractivity contribution >= 4 is 62.1 Å². The normalized spacial score (nSPS) is 15.8. The van der Waals surface area contributed by atoms with E-state index >= 15 is 0 Å². The van der Waals surface area contributed by atoms with Gasteiger partial charge in [0.05, 0.1) is 31.0 Å². The maximum absolute atomic E-state index is 14.0. The van der Waals surface area contributed by atoms with E-state index in [1.807, 2.05) is 54.8 Å². The summed E-state index contributed by atoms with van der Waals surface area (Å²) >= 11 is 2.72. The van der Waals surface area contributed by atoms with Crippen molar-refractivity contribution in [2.24, 2.45) is 0 Å². The third kappa shape index (κ3) is 5.98. The second kappa shape index (κ2) is 14.0. The van der Waals surface area contributed by atoms with Gasteiger partial charge < -0.3 is 19.0 Å². The van der Waals surface area contributed by atoms with E-state index in [1.54, 1.807) is 18.2 Å². The first kappa shape index (κ1) is 33.3. The predicted molar refractivity (Wildman–Crippen MR) is 196 cm³/mol. The molecule has 12 heteroatoms. The SMILES string of the molecule is CCCCOc1ccc(C2C(=C(O)c3nc4c(C)cccn4c3C)C(=O)C(=O)N2c2nnc(SCc3cccc4ccccc34)s2)cc1OC. The van der Waals surface area contributed by atoms with Crippen molar-refractivity contribution in [3.05, 3.63) is 113 Å². The number of hydrogen-bond donors (Lipinski definition) is 1. The molecule has 0 aliphatic carbocycles. The van der Waals surface area contributed by atoms with Gasteiger partial charge in [-0.1, -0.05) is 91.0 Å². The number of hydrogen-bond acceptors (Lipinski definition) is 10. The van der Waals surface area contributed by atoms with E-state index in [-0.39, 0.29) is 22.2 Å². The summed E-state index contributed by atoms with van der Waals surface area (Å²) in [6, 6.07) is 22.4. The Labute approximate surface area is 297 Å². The molecule has 3 aromatic heterocycles. The molecular weight excluding hydrogens is 671 g/mol. The van der Waals surface area contributed by atoms with E-state index in [2.05, 4.69) is 41.4 Å². The lowest BCUT2D eigenvalue weighted by Gasteiger charge is -2.23. The number of Topliss-reactive ketones (excluding diaryl/α,β-unsaturated/α-hetero) is 1. The molecule has 7 rings (SSSR count). The Morgan fingerprint density at radius 3 is 2.62 bits per heavy atom. The predicted octanol–water partition coefficient (Wildman–Crippen LogP) is 8.06. The van der Waals surface area contributed by atoms with Crippen LogP contribution < -0.4 is 14.4 Å². The van der Waals surface area contributed by atoms with Gasteiger partial charge in [-0.25, -0.2) is 4.98 Å². The molecule has 0 radical (unpaired) electrons. The van der Waals surface area contributed by atoms with Gasteiger partial charge in [0.15, 0.2) is 21.6 Å². The van der Waals surface area contributed by atoms with Gasteiger partial charge in [-0.15, -0.1) is 10.2 Å². The Kier molecular flexibility index (Phi) is 9.30. The fraction of sp³-hybridized carbons (Fsp3) is 0.237. The standard InChI is InChI=1S/C38H35N5O5S2/c1-5-6-19-48-28-17-16-25(20-29(28)47-4)32-30(33(44)31-23(3)42-18-10-11-22(2)35(42)39-31)34(45)36(46)43(32)37-40-41-38(50-37)49-21-26-14-9-13-24-12-7-8-15-27(24)26/h7-18,20,32,44H,5-6,19,21H2,1-4H3. The summed E-state index contributed by atoms with van der Waals surface area (Å²) in [4.78, 5) is 34.0. The number of aromatic nitrogens is 4. The number of benzene rings is 3. The number of anilines is 1. The first-order valence-electron chi connectivity index (χ1n) is 16.3. The molecule has 254 valence electrons. The number of amides is 1. The fourth-order valence-electron chi connectivity index (χ4n) is 6.24. The smallest absolute Gasteiger partial charge is 0.301 e. The number of ether oxygens (including phenoxy) is 2. The highest BCUT2D eigenvalue weighted by Gasteiger charge is 2.49. The van der Waals surface area contributed by atoms with Gasteiger partial charge in [0.1, 0.15) is 11.3 Å². The number of methoxy groups -OCH3 is 1. The number of aliphatic hydroxyl groups excluding tert-OH is 1. The summed E-state index contributed by atoms with van der Waals surface area (Å²) in [6.45, 7) is 6.34. The third-order valence-corrected chi connectivity index (χ3v) is 10.9. The van der Waals surface area contributed by atoms with Crippen LogP contribution in [0.4, 0.5) is 5.13 Å². The third-order valence-electron chi connectivity index (χ3n) is 8.84. The van der Waals surface area contributed by atoms with Crippen LogP contribution in [0.15, 0.2) is 88.9 Å². The van der Waals surface area contributed by atoms with E-state index in [9.17, 15) is 14.7 Å². The molecule has 1 aliphatic heterocycles. The first-order chi connectivity index (χ1) is 24.3. The Balaban J connectivity index is 1.30. The number of ketones is 1. The molecule has 0 bridgehead atoms. The van der Waals surface area contributed by atoms with Crippen molar-refractivity contribution in [3.8, 4) is 11.5 Å². The average Bonchev–Trinajstić information content (AvgIpc) is 3.81. The number of unbranched alkanes of at least 4 members (excludes halogenated alkanes) is 1. The van der Waals surface area contributed by atoms with Crippen molar-refractivity contribution < 1.29 is 24.2 Å². The molecular formula is C38H35N5O5S2. The molecule has 1 amide bonds. The molecule has 1 saturated heterocycles. The highest BCUT2D eigenvalue weighted by Crippen LogP contribution is 2.46. The molecule has 1 unspecified atom stereocenters. The number of imidazole rings is 1. The molecule has 3 aromatic carbocycles. The molecule has 1 fully saturated rings. The molecule has 1 atom stereocenters. The van der Waals surface area contributed by atoms with Crippen LogP contribution in [0.2, 0.25) is 0 Å². The number of thioether (sulfide) groups is 1. The molecule has 1 aliphatic rings. The summed E-state index contributed by atoms with van der Waals surface area (Å²) in [5.41, 5.74) is 3.98. The topological polar surface area (TPSA) is 119 Å². The number of nitrogens with zero attached hydrogens (tertiary/aromatic N) is 5. The summed E-state index contributed by atoms with van der Waals surface area (Å²) in [5.74, 6) is -0.416. The Morgan fingerprint density at radius 2 is 1.82 bits per heavy atom. The van der Waals surface area contributed by atoms with E-state index in [0.29, 0.717) is 45.1 Å². The Bertz CT molecular complexity index is 2290. The summed E-state index contributed by atoms with van der Waals surface area (Å²) in [5, 5.41) is 23.3. The molecule has 0 saturated carbocycles. The zero-order chi connectivity index (χ0) is 34.9. The van der Waals surface area contributed by atoms with Crippen LogP contribution in [0.5, 0.6) is 11.5 Å². The number of fused-ring (bicyclic) bond motifs is 2. The van der Waals surface area contributed by atoms with Crippen LogP contribution >= 0.6 is 23.1 Å². The van der Waals surface area contributed by atoms with Crippen molar-refractivity contribution in [1.29, 1.82) is 0 Å². The van der Waals surface area contributed by atoms with E-state index in [1.165, 1.54) is 35.1 Å². The van der Waals surface area contributed by atoms with Crippen LogP contribution in [0, 0.1) is 13.8 Å². The van der Waals surface area contributed by atoms with Gasteiger partial charge in [0.2, 0.25) is 5.13 Å². The molecule has 50 heavy (non-hydrogen) atoms. The molecule has 6 aromatic rings. The van der Waals surface area contributed by atoms with Crippen LogP contribution in [-0.4, -0.2) is 50.1 Å². The molecule has 10 nitrogen and oxygen atoms in total. The van der Waals surface area contributed by atoms with Crippen molar-refractivity contribution in [2.45, 2.75) is 49.7 Å². The van der Waals surface area contributed by atoms with Gasteiger partial charge >= 0.3 is 5.91 Å². The Morgan fingerprint density at radius 1 is 1.00 bits per heavy atom. The maximum Gasteiger partial charge on any atom is 0.301 e. The highest BCUT2D eigenvalue weighted by atomic mass is 32.2. The zero-order valence-corrected chi connectivity index (χ0v) is 29.7. The second-order valence-electron chi connectivity index (χ2n) is 12.0. The monoisotopic (exact) mass is 705 g/mol. The number of rotatable bonds is 11. The minimum atomic E-state index is -1.04. The summed E-state index contributed by atoms with van der Waals surface area (Å²) < 4.78 is 14.2. The van der Waals surface area contributed by atoms with E-state index in [0.717, 1.165) is 34.7 Å². The van der Waals surface area contributed by atoms with Crippen molar-refractivity contribution in [2.75, 3.05) is 18.6 Å². The lowest BCUT2D eigenvalue weighted by atomic mass is 9.96. The molecule has 0 spiro atoms. The second-order valence-corrected chi connectivity index (χ2v) is 14.2. The first-order valence-corrected chi connectivity index (χ1v) is 18.1.